The summed E-state index contributed by atoms with van der Waals surface area (Å²) in [5, 5.41) is 24.9. The maximum Gasteiger partial charge on any atom is 0.148 e. The summed E-state index contributed by atoms with van der Waals surface area (Å²) < 4.78 is 3.28. The molecule has 7 nitrogen and oxygen atoms in total. The fraction of sp³-hybridized carbons (Fsp3) is 0.353. The Kier molecular flexibility index (Phi) is 3.84. The highest BCUT2D eigenvalue weighted by Gasteiger charge is 2.42. The Bertz CT molecular complexity index is 983. The second-order valence-corrected chi connectivity index (χ2v) is 7.14. The van der Waals surface area contributed by atoms with Gasteiger partial charge in [-0.1, -0.05) is 0 Å². The molecule has 2 N–H and O–H groups in total. The predicted octanol–water partition coefficient (Wildman–Crippen LogP) is 2.82. The third kappa shape index (κ3) is 2.82. The number of hydrogen-bond acceptors (Lipinski definition) is 6. The molecular formula is C17H19N7S. The number of nitrogens with zero attached hydrogens (tertiary/aromatic N) is 5. The van der Waals surface area contributed by atoms with Gasteiger partial charge in [0.1, 0.15) is 17.0 Å². The van der Waals surface area contributed by atoms with Crippen LogP contribution in [0, 0.1) is 10.8 Å². The van der Waals surface area contributed by atoms with Crippen molar-refractivity contribution in [3.05, 3.63) is 46.0 Å². The molecule has 1 aliphatic rings. The van der Waals surface area contributed by atoms with Crippen molar-refractivity contribution in [2.75, 3.05) is 0 Å². The molecular weight excluding hydrogens is 334 g/mol. The fourth-order valence-corrected chi connectivity index (χ4v) is 3.93. The first kappa shape index (κ1) is 15.9. The summed E-state index contributed by atoms with van der Waals surface area (Å²) in [5.74, 6) is 1.19. The first-order valence-corrected chi connectivity index (χ1v) is 9.13. The van der Waals surface area contributed by atoms with Crippen LogP contribution in [0.1, 0.15) is 42.7 Å². The Morgan fingerprint density at radius 2 is 2.16 bits per heavy atom. The molecule has 3 heterocycles. The number of thiazole rings is 1. The summed E-state index contributed by atoms with van der Waals surface area (Å²) in [5.41, 5.74) is 4.84. The van der Waals surface area contributed by atoms with Crippen molar-refractivity contribution in [3.8, 4) is 11.4 Å². The third-order valence-corrected chi connectivity index (χ3v) is 5.41. The Morgan fingerprint density at radius 3 is 2.84 bits per heavy atom. The van der Waals surface area contributed by atoms with E-state index in [1.165, 1.54) is 9.56 Å². The van der Waals surface area contributed by atoms with Crippen LogP contribution in [-0.4, -0.2) is 30.4 Å². The lowest BCUT2D eigenvalue weighted by atomic mass is 10.2. The van der Waals surface area contributed by atoms with Crippen LogP contribution in [-0.2, 0) is 6.54 Å². The van der Waals surface area contributed by atoms with E-state index in [-0.39, 0.29) is 11.3 Å². The first-order valence-electron chi connectivity index (χ1n) is 8.25. The molecule has 8 heteroatoms. The zero-order valence-corrected chi connectivity index (χ0v) is 14.9. The van der Waals surface area contributed by atoms with E-state index in [1.54, 1.807) is 24.3 Å². The molecule has 0 aliphatic heterocycles. The molecule has 0 spiro atoms. The SMILES string of the molecule is CCn1nc(C2CC2c2cncs2)cc1-c1ccc(=N)n(C(C)=N)n1. The van der Waals surface area contributed by atoms with Crippen LogP contribution in [0.5, 0.6) is 0 Å². The van der Waals surface area contributed by atoms with Crippen molar-refractivity contribution < 1.29 is 0 Å². The zero-order chi connectivity index (χ0) is 17.6. The number of hydrogen-bond donors (Lipinski definition) is 2. The van der Waals surface area contributed by atoms with Gasteiger partial charge in [0, 0.05) is 29.5 Å². The second-order valence-electron chi connectivity index (χ2n) is 6.22. The average molecular weight is 353 g/mol. The summed E-state index contributed by atoms with van der Waals surface area (Å²) in [6, 6.07) is 5.59. The summed E-state index contributed by atoms with van der Waals surface area (Å²) in [4.78, 5) is 5.50. The van der Waals surface area contributed by atoms with E-state index in [4.69, 9.17) is 15.9 Å². The van der Waals surface area contributed by atoms with E-state index < -0.39 is 0 Å². The number of aromatic nitrogens is 5. The van der Waals surface area contributed by atoms with Crippen molar-refractivity contribution in [2.24, 2.45) is 0 Å². The molecule has 3 aromatic heterocycles. The van der Waals surface area contributed by atoms with Gasteiger partial charge in [0.05, 0.1) is 16.9 Å². The fourth-order valence-electron chi connectivity index (χ4n) is 3.13. The van der Waals surface area contributed by atoms with Crippen molar-refractivity contribution >= 4 is 17.2 Å². The van der Waals surface area contributed by atoms with Crippen LogP contribution in [0.2, 0.25) is 0 Å². The van der Waals surface area contributed by atoms with Gasteiger partial charge in [0.25, 0.3) is 0 Å². The largest absolute Gasteiger partial charge is 0.287 e. The molecule has 2 atom stereocenters. The zero-order valence-electron chi connectivity index (χ0n) is 14.1. The lowest BCUT2D eigenvalue weighted by molar-refractivity contribution is 0.649. The standard InChI is InChI=1S/C17H19N7S/c1-3-23-15(13-4-5-17(19)24(22-13)10(2)18)7-14(21-23)11-6-12(11)16-8-20-9-25-16/h4-5,7-9,11-12,18-19H,3,6H2,1-2H3. The Hall–Kier alpha value is -2.61. The summed E-state index contributed by atoms with van der Waals surface area (Å²) in [7, 11) is 0. The molecule has 25 heavy (non-hydrogen) atoms. The lowest BCUT2D eigenvalue weighted by Gasteiger charge is -2.07. The van der Waals surface area contributed by atoms with E-state index in [2.05, 4.69) is 23.1 Å². The Morgan fingerprint density at radius 1 is 1.32 bits per heavy atom. The van der Waals surface area contributed by atoms with Crippen molar-refractivity contribution in [3.63, 3.8) is 0 Å². The molecule has 0 bridgehead atoms. The molecule has 128 valence electrons. The number of nitrogens with one attached hydrogen (secondary N) is 2. The van der Waals surface area contributed by atoms with E-state index >= 15 is 0 Å². The van der Waals surface area contributed by atoms with Gasteiger partial charge in [-0.25, -0.2) is 4.68 Å². The van der Waals surface area contributed by atoms with Crippen LogP contribution in [0.15, 0.2) is 29.9 Å². The Balaban J connectivity index is 1.70. The summed E-state index contributed by atoms with van der Waals surface area (Å²) in [6.45, 7) is 4.44. The van der Waals surface area contributed by atoms with Gasteiger partial charge in [-0.05, 0) is 38.5 Å². The van der Waals surface area contributed by atoms with Crippen molar-refractivity contribution in [1.82, 2.24) is 24.5 Å². The maximum atomic E-state index is 7.88. The highest BCUT2D eigenvalue weighted by Crippen LogP contribution is 2.55. The van der Waals surface area contributed by atoms with E-state index in [1.807, 2.05) is 22.5 Å². The molecule has 3 aromatic rings. The molecule has 4 rings (SSSR count). The van der Waals surface area contributed by atoms with Crippen molar-refractivity contribution in [1.29, 1.82) is 10.8 Å². The smallest absolute Gasteiger partial charge is 0.148 e. The topological polar surface area (TPSA) is 96.2 Å². The minimum Gasteiger partial charge on any atom is -0.287 e. The van der Waals surface area contributed by atoms with Gasteiger partial charge in [0.15, 0.2) is 0 Å². The minimum atomic E-state index is 0.200. The van der Waals surface area contributed by atoms with E-state index in [0.29, 0.717) is 11.8 Å². The van der Waals surface area contributed by atoms with Crippen LogP contribution in [0.3, 0.4) is 0 Å². The molecule has 2 unspecified atom stereocenters. The highest BCUT2D eigenvalue weighted by atomic mass is 32.1. The third-order valence-electron chi connectivity index (χ3n) is 4.50. The lowest BCUT2D eigenvalue weighted by Crippen LogP contribution is -2.27. The monoisotopic (exact) mass is 353 g/mol. The number of aryl methyl sites for hydroxylation is 1. The molecule has 1 saturated carbocycles. The minimum absolute atomic E-state index is 0.200. The second kappa shape index (κ2) is 6.03. The molecule has 0 radical (unpaired) electrons. The summed E-state index contributed by atoms with van der Waals surface area (Å²) >= 11 is 1.71. The molecule has 0 aromatic carbocycles. The predicted molar refractivity (Wildman–Crippen MR) is 96.0 cm³/mol. The van der Waals surface area contributed by atoms with Gasteiger partial charge in [0.2, 0.25) is 0 Å². The molecule has 0 amide bonds. The van der Waals surface area contributed by atoms with Gasteiger partial charge in [-0.15, -0.1) is 11.3 Å². The highest BCUT2D eigenvalue weighted by molar-refractivity contribution is 7.09. The van der Waals surface area contributed by atoms with Gasteiger partial charge >= 0.3 is 0 Å². The summed E-state index contributed by atoms with van der Waals surface area (Å²) in [6.07, 6.45) is 3.07. The van der Waals surface area contributed by atoms with Crippen LogP contribution in [0.25, 0.3) is 11.4 Å². The van der Waals surface area contributed by atoms with Crippen LogP contribution >= 0.6 is 11.3 Å². The Labute approximate surface area is 149 Å². The van der Waals surface area contributed by atoms with Crippen LogP contribution in [0.4, 0.5) is 0 Å². The van der Waals surface area contributed by atoms with Gasteiger partial charge < -0.3 is 0 Å². The average Bonchev–Trinajstić information content (AvgIpc) is 3.04. The van der Waals surface area contributed by atoms with Gasteiger partial charge in [-0.3, -0.25) is 20.5 Å². The normalized spacial score (nSPS) is 19.1. The molecule has 0 saturated heterocycles. The van der Waals surface area contributed by atoms with E-state index in [0.717, 1.165) is 30.0 Å². The van der Waals surface area contributed by atoms with Crippen molar-refractivity contribution in [2.45, 2.75) is 38.6 Å². The quantitative estimate of drug-likeness (QED) is 0.557. The van der Waals surface area contributed by atoms with E-state index in [9.17, 15) is 0 Å². The van der Waals surface area contributed by atoms with Gasteiger partial charge in [-0.2, -0.15) is 10.2 Å². The van der Waals surface area contributed by atoms with Crippen LogP contribution < -0.4 is 5.49 Å². The first-order chi connectivity index (χ1) is 12.1. The molecule has 1 fully saturated rings. The maximum absolute atomic E-state index is 7.88. The number of rotatable bonds is 4. The molecule has 1 aliphatic carbocycles.